The standard InChI is InChI=1S/C9H12O2Si/c1-3-10-12-11-9-7-5-4-6-8(9)2/h4-7H,3H2,1-2H3. The minimum atomic E-state index is 0.106. The second-order valence-electron chi connectivity index (χ2n) is 2.38. The maximum atomic E-state index is 5.38. The third-order valence-electron chi connectivity index (χ3n) is 1.45. The van der Waals surface area contributed by atoms with Crippen LogP contribution in [0.15, 0.2) is 24.3 Å². The molecule has 0 saturated heterocycles. The van der Waals surface area contributed by atoms with Crippen molar-refractivity contribution in [2.24, 2.45) is 0 Å². The molecular weight excluding hydrogens is 168 g/mol. The summed E-state index contributed by atoms with van der Waals surface area (Å²) in [6.07, 6.45) is 0. The van der Waals surface area contributed by atoms with Gasteiger partial charge in [0.25, 0.3) is 0 Å². The second kappa shape index (κ2) is 4.95. The van der Waals surface area contributed by atoms with Gasteiger partial charge in [-0.25, -0.2) is 0 Å². The molecule has 0 atom stereocenters. The summed E-state index contributed by atoms with van der Waals surface area (Å²) >= 11 is 0. The van der Waals surface area contributed by atoms with Gasteiger partial charge >= 0.3 is 10.0 Å². The van der Waals surface area contributed by atoms with E-state index in [0.717, 1.165) is 11.3 Å². The fraction of sp³-hybridized carbons (Fsp3) is 0.333. The van der Waals surface area contributed by atoms with Crippen LogP contribution in [0.2, 0.25) is 0 Å². The molecule has 64 valence electrons. The normalized spacial score (nSPS) is 9.83. The Kier molecular flexibility index (Phi) is 3.83. The van der Waals surface area contributed by atoms with Crippen molar-refractivity contribution in [2.75, 3.05) is 6.61 Å². The van der Waals surface area contributed by atoms with Gasteiger partial charge in [-0.2, -0.15) is 0 Å². The zero-order valence-corrected chi connectivity index (χ0v) is 8.33. The number of benzene rings is 1. The molecular formula is C9H12O2Si. The van der Waals surface area contributed by atoms with Gasteiger partial charge in [-0.05, 0) is 25.5 Å². The van der Waals surface area contributed by atoms with Crippen molar-refractivity contribution in [2.45, 2.75) is 13.8 Å². The topological polar surface area (TPSA) is 18.5 Å². The Hall–Kier alpha value is -0.803. The van der Waals surface area contributed by atoms with Gasteiger partial charge in [-0.15, -0.1) is 0 Å². The van der Waals surface area contributed by atoms with Crippen LogP contribution in [0.1, 0.15) is 12.5 Å². The molecule has 0 saturated carbocycles. The number of hydrogen-bond acceptors (Lipinski definition) is 2. The fourth-order valence-corrected chi connectivity index (χ4v) is 1.30. The molecule has 2 nitrogen and oxygen atoms in total. The van der Waals surface area contributed by atoms with Crippen molar-refractivity contribution in [3.63, 3.8) is 0 Å². The lowest BCUT2D eigenvalue weighted by atomic mass is 10.2. The van der Waals surface area contributed by atoms with E-state index in [2.05, 4.69) is 0 Å². The van der Waals surface area contributed by atoms with Crippen LogP contribution in [-0.4, -0.2) is 16.6 Å². The molecule has 1 aromatic rings. The second-order valence-corrected chi connectivity index (χ2v) is 3.04. The minimum absolute atomic E-state index is 0.106. The van der Waals surface area contributed by atoms with Crippen molar-refractivity contribution in [1.29, 1.82) is 0 Å². The number of rotatable bonds is 4. The van der Waals surface area contributed by atoms with E-state index in [-0.39, 0.29) is 10.0 Å². The molecule has 1 rings (SSSR count). The monoisotopic (exact) mass is 180 g/mol. The summed E-state index contributed by atoms with van der Waals surface area (Å²) in [5, 5.41) is 0. The van der Waals surface area contributed by atoms with E-state index in [1.54, 1.807) is 0 Å². The first-order chi connectivity index (χ1) is 5.84. The van der Waals surface area contributed by atoms with Crippen LogP contribution in [0.5, 0.6) is 5.75 Å². The summed E-state index contributed by atoms with van der Waals surface area (Å²) in [5.41, 5.74) is 1.14. The van der Waals surface area contributed by atoms with Gasteiger partial charge in [0.1, 0.15) is 5.75 Å². The number of hydrogen-bond donors (Lipinski definition) is 0. The Morgan fingerprint density at radius 3 is 2.75 bits per heavy atom. The van der Waals surface area contributed by atoms with Gasteiger partial charge in [0.2, 0.25) is 0 Å². The van der Waals surface area contributed by atoms with Gasteiger partial charge in [-0.3, -0.25) is 0 Å². The number of para-hydroxylation sites is 1. The summed E-state index contributed by atoms with van der Waals surface area (Å²) in [6, 6.07) is 7.91. The Bertz CT molecular complexity index is 238. The molecule has 0 amide bonds. The van der Waals surface area contributed by atoms with Gasteiger partial charge in [0.15, 0.2) is 0 Å². The average molecular weight is 180 g/mol. The van der Waals surface area contributed by atoms with Crippen LogP contribution in [0.25, 0.3) is 0 Å². The summed E-state index contributed by atoms with van der Waals surface area (Å²) in [6.45, 7) is 4.67. The predicted molar refractivity (Wildman–Crippen MR) is 49.2 cm³/mol. The zero-order chi connectivity index (χ0) is 8.81. The van der Waals surface area contributed by atoms with E-state index in [0.29, 0.717) is 6.61 Å². The lowest BCUT2D eigenvalue weighted by Gasteiger charge is -2.05. The first kappa shape index (κ1) is 9.29. The fourth-order valence-electron chi connectivity index (χ4n) is 0.804. The third kappa shape index (κ3) is 2.68. The van der Waals surface area contributed by atoms with Crippen LogP contribution in [0.3, 0.4) is 0 Å². The summed E-state index contributed by atoms with van der Waals surface area (Å²) in [7, 11) is 0.106. The first-order valence-electron chi connectivity index (χ1n) is 3.94. The molecule has 0 N–H and O–H groups in total. The van der Waals surface area contributed by atoms with Crippen LogP contribution in [-0.2, 0) is 4.43 Å². The van der Waals surface area contributed by atoms with Crippen LogP contribution < -0.4 is 4.43 Å². The maximum absolute atomic E-state index is 5.38. The van der Waals surface area contributed by atoms with E-state index in [1.807, 2.05) is 38.1 Å². The summed E-state index contributed by atoms with van der Waals surface area (Å²) < 4.78 is 10.5. The van der Waals surface area contributed by atoms with Crippen molar-refractivity contribution in [3.8, 4) is 5.75 Å². The molecule has 0 fully saturated rings. The van der Waals surface area contributed by atoms with Gasteiger partial charge < -0.3 is 8.85 Å². The molecule has 0 aromatic heterocycles. The predicted octanol–water partition coefficient (Wildman–Crippen LogP) is 1.94. The van der Waals surface area contributed by atoms with Crippen molar-refractivity contribution >= 4 is 10.0 Å². The molecule has 0 heterocycles. The van der Waals surface area contributed by atoms with E-state index in [9.17, 15) is 0 Å². The highest BCUT2D eigenvalue weighted by atomic mass is 28.3. The summed E-state index contributed by atoms with van der Waals surface area (Å²) in [4.78, 5) is 0. The molecule has 12 heavy (non-hydrogen) atoms. The first-order valence-corrected chi connectivity index (χ1v) is 4.75. The zero-order valence-electron chi connectivity index (χ0n) is 7.33. The lowest BCUT2D eigenvalue weighted by Crippen LogP contribution is -2.07. The molecule has 1 aromatic carbocycles. The average Bonchev–Trinajstić information content (AvgIpc) is 2.09. The molecule has 0 unspecified atom stereocenters. The molecule has 0 bridgehead atoms. The number of aryl methyl sites for hydroxylation is 1. The Balaban J connectivity index is 2.46. The highest BCUT2D eigenvalue weighted by Gasteiger charge is 1.98. The van der Waals surface area contributed by atoms with Crippen molar-refractivity contribution < 1.29 is 8.85 Å². The largest absolute Gasteiger partial charge is 0.521 e. The molecule has 2 radical (unpaired) electrons. The quantitative estimate of drug-likeness (QED) is 0.521. The van der Waals surface area contributed by atoms with E-state index in [1.165, 1.54) is 0 Å². The van der Waals surface area contributed by atoms with Crippen molar-refractivity contribution in [1.82, 2.24) is 0 Å². The van der Waals surface area contributed by atoms with Crippen LogP contribution in [0, 0.1) is 6.92 Å². The highest BCUT2D eigenvalue weighted by molar-refractivity contribution is 6.19. The Morgan fingerprint density at radius 2 is 2.08 bits per heavy atom. The summed E-state index contributed by atoms with van der Waals surface area (Å²) in [5.74, 6) is 0.907. The minimum Gasteiger partial charge on any atom is -0.517 e. The Morgan fingerprint density at radius 1 is 1.33 bits per heavy atom. The molecule has 3 heteroatoms. The SMILES string of the molecule is CCO[Si]Oc1ccccc1C. The molecule has 0 spiro atoms. The van der Waals surface area contributed by atoms with Gasteiger partial charge in [-0.1, -0.05) is 18.2 Å². The van der Waals surface area contributed by atoms with E-state index >= 15 is 0 Å². The highest BCUT2D eigenvalue weighted by Crippen LogP contribution is 2.15. The molecule has 0 aliphatic carbocycles. The van der Waals surface area contributed by atoms with Gasteiger partial charge in [0.05, 0.1) is 0 Å². The lowest BCUT2D eigenvalue weighted by molar-refractivity contribution is 0.307. The molecule has 0 aliphatic heterocycles. The Labute approximate surface area is 75.6 Å². The third-order valence-corrected chi connectivity index (χ3v) is 2.16. The van der Waals surface area contributed by atoms with Crippen molar-refractivity contribution in [3.05, 3.63) is 29.8 Å². The van der Waals surface area contributed by atoms with Crippen LogP contribution >= 0.6 is 0 Å². The van der Waals surface area contributed by atoms with Gasteiger partial charge in [0, 0.05) is 6.61 Å². The maximum Gasteiger partial charge on any atom is 0.521 e. The molecule has 0 aliphatic rings. The van der Waals surface area contributed by atoms with E-state index < -0.39 is 0 Å². The smallest absolute Gasteiger partial charge is 0.517 e. The van der Waals surface area contributed by atoms with Crippen LogP contribution in [0.4, 0.5) is 0 Å². The van der Waals surface area contributed by atoms with E-state index in [4.69, 9.17) is 8.85 Å².